The van der Waals surface area contributed by atoms with E-state index in [1.807, 2.05) is 19.9 Å². The highest BCUT2D eigenvalue weighted by Crippen LogP contribution is 2.19. The van der Waals surface area contributed by atoms with E-state index in [2.05, 4.69) is 20.4 Å². The van der Waals surface area contributed by atoms with Gasteiger partial charge in [0.15, 0.2) is 0 Å². The van der Waals surface area contributed by atoms with Crippen molar-refractivity contribution in [3.8, 4) is 0 Å². The molecule has 20 heavy (non-hydrogen) atoms. The molecule has 0 unspecified atom stereocenters. The van der Waals surface area contributed by atoms with Crippen molar-refractivity contribution in [2.24, 2.45) is 0 Å². The fourth-order valence-electron chi connectivity index (χ4n) is 1.77. The highest BCUT2D eigenvalue weighted by Gasteiger charge is 2.18. The third-order valence-electron chi connectivity index (χ3n) is 2.58. The first-order valence-corrected chi connectivity index (χ1v) is 6.16. The molecular weight excluding hydrogens is 260 g/mol. The van der Waals surface area contributed by atoms with E-state index in [0.29, 0.717) is 11.0 Å². The molecule has 0 atom stereocenters. The molecule has 0 aliphatic carbocycles. The van der Waals surface area contributed by atoms with E-state index in [0.717, 1.165) is 0 Å². The van der Waals surface area contributed by atoms with E-state index in [4.69, 9.17) is 0 Å². The van der Waals surface area contributed by atoms with Gasteiger partial charge in [-0.05, 0) is 26.0 Å². The zero-order valence-electron chi connectivity index (χ0n) is 11.5. The monoisotopic (exact) mass is 276 g/mol. The summed E-state index contributed by atoms with van der Waals surface area (Å²) >= 11 is 0. The average molecular weight is 276 g/mol. The van der Waals surface area contributed by atoms with Crippen LogP contribution in [-0.4, -0.2) is 34.8 Å². The zero-order chi connectivity index (χ0) is 14.7. The number of imidazole rings is 1. The van der Waals surface area contributed by atoms with Crippen LogP contribution in [0.1, 0.15) is 13.8 Å². The molecule has 2 amide bonds. The number of benzene rings is 1. The van der Waals surface area contributed by atoms with Gasteiger partial charge in [-0.3, -0.25) is 5.32 Å². The minimum absolute atomic E-state index is 0.0327. The molecule has 1 heterocycles. The SMILES string of the molecule is COC(=O)Nc1nc2ccccc2n1C(=O)NC(C)C. The summed E-state index contributed by atoms with van der Waals surface area (Å²) in [4.78, 5) is 27.8. The molecular formula is C13H16N4O3. The summed E-state index contributed by atoms with van der Waals surface area (Å²) < 4.78 is 5.84. The van der Waals surface area contributed by atoms with E-state index >= 15 is 0 Å². The van der Waals surface area contributed by atoms with Crippen LogP contribution in [0.15, 0.2) is 24.3 Å². The van der Waals surface area contributed by atoms with Crippen LogP contribution in [0, 0.1) is 0 Å². The molecule has 2 rings (SSSR count). The van der Waals surface area contributed by atoms with Crippen LogP contribution in [0.5, 0.6) is 0 Å². The molecule has 7 nitrogen and oxygen atoms in total. The number of amides is 2. The van der Waals surface area contributed by atoms with Gasteiger partial charge in [-0.25, -0.2) is 19.1 Å². The lowest BCUT2D eigenvalue weighted by Crippen LogP contribution is -2.35. The first-order chi connectivity index (χ1) is 9.52. The average Bonchev–Trinajstić information content (AvgIpc) is 2.75. The molecule has 0 radical (unpaired) electrons. The number of anilines is 1. The topological polar surface area (TPSA) is 85.2 Å². The van der Waals surface area contributed by atoms with Crippen molar-refractivity contribution in [1.29, 1.82) is 0 Å². The molecule has 1 aromatic carbocycles. The standard InChI is InChI=1S/C13H16N4O3/c1-8(2)14-12(18)17-10-7-5-4-6-9(10)15-11(17)16-13(19)20-3/h4-8H,1-3H3,(H,14,18)(H,15,16,19). The van der Waals surface area contributed by atoms with Crippen LogP contribution in [-0.2, 0) is 4.74 Å². The van der Waals surface area contributed by atoms with E-state index in [1.165, 1.54) is 11.7 Å². The summed E-state index contributed by atoms with van der Waals surface area (Å²) in [6.45, 7) is 3.70. The maximum absolute atomic E-state index is 12.2. The predicted molar refractivity (Wildman–Crippen MR) is 74.8 cm³/mol. The molecule has 0 spiro atoms. The van der Waals surface area contributed by atoms with Crippen molar-refractivity contribution in [3.63, 3.8) is 0 Å². The van der Waals surface area contributed by atoms with Gasteiger partial charge in [0, 0.05) is 6.04 Å². The molecule has 2 aromatic rings. The maximum atomic E-state index is 12.2. The van der Waals surface area contributed by atoms with Crippen LogP contribution in [0.4, 0.5) is 15.5 Å². The van der Waals surface area contributed by atoms with Gasteiger partial charge >= 0.3 is 12.1 Å². The third kappa shape index (κ3) is 2.71. The molecule has 106 valence electrons. The molecule has 0 bridgehead atoms. The lowest BCUT2D eigenvalue weighted by atomic mass is 10.3. The van der Waals surface area contributed by atoms with Crippen LogP contribution in [0.25, 0.3) is 11.0 Å². The van der Waals surface area contributed by atoms with Gasteiger partial charge in [0.2, 0.25) is 5.95 Å². The number of para-hydroxylation sites is 2. The Morgan fingerprint density at radius 2 is 2.00 bits per heavy atom. The predicted octanol–water partition coefficient (Wildman–Crippen LogP) is 2.18. The van der Waals surface area contributed by atoms with E-state index in [9.17, 15) is 9.59 Å². The van der Waals surface area contributed by atoms with Crippen LogP contribution >= 0.6 is 0 Å². The lowest BCUT2D eigenvalue weighted by Gasteiger charge is -2.12. The fraction of sp³-hybridized carbons (Fsp3) is 0.308. The zero-order valence-corrected chi connectivity index (χ0v) is 11.5. The van der Waals surface area contributed by atoms with Crippen molar-refractivity contribution in [1.82, 2.24) is 14.9 Å². The number of fused-ring (bicyclic) bond motifs is 1. The summed E-state index contributed by atoms with van der Waals surface area (Å²) in [5.74, 6) is 0.121. The van der Waals surface area contributed by atoms with Crippen molar-refractivity contribution < 1.29 is 14.3 Å². The molecule has 0 aliphatic rings. The number of methoxy groups -OCH3 is 1. The Morgan fingerprint density at radius 3 is 2.65 bits per heavy atom. The number of ether oxygens (including phenoxy) is 1. The second kappa shape index (κ2) is 5.60. The van der Waals surface area contributed by atoms with Crippen LogP contribution < -0.4 is 10.6 Å². The maximum Gasteiger partial charge on any atom is 0.413 e. The van der Waals surface area contributed by atoms with Gasteiger partial charge in [0.1, 0.15) is 0 Å². The highest BCUT2D eigenvalue weighted by molar-refractivity contribution is 5.96. The number of nitrogens with one attached hydrogen (secondary N) is 2. The number of hydrogen-bond acceptors (Lipinski definition) is 4. The Kier molecular flexibility index (Phi) is 3.88. The normalized spacial score (nSPS) is 10.6. The van der Waals surface area contributed by atoms with Crippen molar-refractivity contribution in [3.05, 3.63) is 24.3 Å². The van der Waals surface area contributed by atoms with E-state index in [-0.39, 0.29) is 18.0 Å². The van der Waals surface area contributed by atoms with Gasteiger partial charge in [-0.15, -0.1) is 0 Å². The number of carbonyl (C=O) groups is 2. The summed E-state index contributed by atoms with van der Waals surface area (Å²) in [7, 11) is 1.25. The quantitative estimate of drug-likeness (QED) is 0.880. The van der Waals surface area contributed by atoms with Crippen LogP contribution in [0.2, 0.25) is 0 Å². The molecule has 0 aliphatic heterocycles. The molecule has 1 aromatic heterocycles. The van der Waals surface area contributed by atoms with Gasteiger partial charge in [-0.1, -0.05) is 12.1 Å². The van der Waals surface area contributed by atoms with Crippen molar-refractivity contribution >= 4 is 29.1 Å². The highest BCUT2D eigenvalue weighted by atomic mass is 16.5. The first kappa shape index (κ1) is 13.9. The second-order valence-corrected chi connectivity index (χ2v) is 4.48. The van der Waals surface area contributed by atoms with Gasteiger partial charge < -0.3 is 10.1 Å². The van der Waals surface area contributed by atoms with E-state index in [1.54, 1.807) is 18.2 Å². The molecule has 2 N–H and O–H groups in total. The van der Waals surface area contributed by atoms with Gasteiger partial charge in [-0.2, -0.15) is 0 Å². The van der Waals surface area contributed by atoms with Gasteiger partial charge in [0.05, 0.1) is 18.1 Å². The molecule has 7 heteroatoms. The largest absolute Gasteiger partial charge is 0.453 e. The molecule has 0 saturated heterocycles. The van der Waals surface area contributed by atoms with E-state index < -0.39 is 6.09 Å². The second-order valence-electron chi connectivity index (χ2n) is 4.48. The number of rotatable bonds is 2. The first-order valence-electron chi connectivity index (χ1n) is 6.16. The summed E-state index contributed by atoms with van der Waals surface area (Å²) in [5, 5.41) is 5.19. The Balaban J connectivity index is 2.49. The van der Waals surface area contributed by atoms with Crippen molar-refractivity contribution in [2.75, 3.05) is 12.4 Å². The Bertz CT molecular complexity index is 648. The third-order valence-corrected chi connectivity index (χ3v) is 2.58. The Hall–Kier alpha value is -2.57. The Labute approximate surface area is 115 Å². The molecule has 0 saturated carbocycles. The lowest BCUT2D eigenvalue weighted by molar-refractivity contribution is 0.186. The van der Waals surface area contributed by atoms with Crippen molar-refractivity contribution in [2.45, 2.75) is 19.9 Å². The number of nitrogens with zero attached hydrogens (tertiary/aromatic N) is 2. The summed E-state index contributed by atoms with van der Waals surface area (Å²) in [6, 6.07) is 6.73. The number of carbonyl (C=O) groups excluding carboxylic acids is 2. The number of aromatic nitrogens is 2. The minimum Gasteiger partial charge on any atom is -0.453 e. The van der Waals surface area contributed by atoms with Gasteiger partial charge in [0.25, 0.3) is 0 Å². The number of hydrogen-bond donors (Lipinski definition) is 2. The molecule has 0 fully saturated rings. The fourth-order valence-corrected chi connectivity index (χ4v) is 1.77. The summed E-state index contributed by atoms with van der Waals surface area (Å²) in [5.41, 5.74) is 1.22. The Morgan fingerprint density at radius 1 is 1.30 bits per heavy atom. The van der Waals surface area contributed by atoms with Crippen LogP contribution in [0.3, 0.4) is 0 Å². The smallest absolute Gasteiger partial charge is 0.413 e. The minimum atomic E-state index is -0.682. The summed E-state index contributed by atoms with van der Waals surface area (Å²) in [6.07, 6.45) is -0.682.